The van der Waals surface area contributed by atoms with E-state index in [2.05, 4.69) is 22.4 Å². The highest BCUT2D eigenvalue weighted by molar-refractivity contribution is 5.67. The molecule has 36 heavy (non-hydrogen) atoms. The quantitative estimate of drug-likeness (QED) is 0.579. The van der Waals surface area contributed by atoms with Crippen molar-refractivity contribution in [2.75, 3.05) is 32.0 Å². The average Bonchev–Trinajstić information content (AvgIpc) is 3.06. The van der Waals surface area contributed by atoms with Crippen LogP contribution in [0.15, 0.2) is 24.3 Å². The smallest absolute Gasteiger partial charge is 0.416 e. The van der Waals surface area contributed by atoms with Crippen LogP contribution in [0.5, 0.6) is 0 Å². The van der Waals surface area contributed by atoms with Gasteiger partial charge in [0.1, 0.15) is 12.4 Å². The molecule has 0 atom stereocenters. The Morgan fingerprint density at radius 2 is 1.64 bits per heavy atom. The molecule has 0 unspecified atom stereocenters. The molecular weight excluding hydrogens is 492 g/mol. The van der Waals surface area contributed by atoms with E-state index in [-0.39, 0.29) is 12.6 Å². The zero-order valence-electron chi connectivity index (χ0n) is 19.6. The van der Waals surface area contributed by atoms with Crippen molar-refractivity contribution in [2.24, 2.45) is 0 Å². The molecule has 2 aliphatic rings. The van der Waals surface area contributed by atoms with Crippen LogP contribution < -0.4 is 5.32 Å². The van der Waals surface area contributed by atoms with Crippen LogP contribution in [-0.4, -0.2) is 58.4 Å². The van der Waals surface area contributed by atoms with Gasteiger partial charge in [0.05, 0.1) is 23.4 Å². The third-order valence-corrected chi connectivity index (χ3v) is 6.35. The van der Waals surface area contributed by atoms with Gasteiger partial charge in [-0.1, -0.05) is 0 Å². The lowest BCUT2D eigenvalue weighted by molar-refractivity contribution is -0.143. The Morgan fingerprint density at radius 1 is 1.00 bits per heavy atom. The summed E-state index contributed by atoms with van der Waals surface area (Å²) >= 11 is 0. The number of carbonyl (C=O) groups excluding carboxylic acids is 1. The van der Waals surface area contributed by atoms with Gasteiger partial charge in [0.15, 0.2) is 0 Å². The van der Waals surface area contributed by atoms with Crippen molar-refractivity contribution in [3.05, 3.63) is 46.6 Å². The van der Waals surface area contributed by atoms with Gasteiger partial charge in [0, 0.05) is 25.2 Å². The number of hydrogen-bond donors (Lipinski definition) is 1. The fourth-order valence-electron chi connectivity index (χ4n) is 4.39. The summed E-state index contributed by atoms with van der Waals surface area (Å²) in [6, 6.07) is 3.31. The van der Waals surface area contributed by atoms with Gasteiger partial charge in [-0.3, -0.25) is 4.68 Å². The fourth-order valence-corrected chi connectivity index (χ4v) is 4.39. The minimum Gasteiger partial charge on any atom is -0.445 e. The van der Waals surface area contributed by atoms with Crippen LogP contribution in [0.25, 0.3) is 0 Å². The van der Waals surface area contributed by atoms with Crippen LogP contribution in [0.4, 0.5) is 37.0 Å². The lowest BCUT2D eigenvalue weighted by Crippen LogP contribution is -2.36. The number of halogens is 6. The summed E-state index contributed by atoms with van der Waals surface area (Å²) in [5.41, 5.74) is -2.54. The molecule has 1 aromatic carbocycles. The van der Waals surface area contributed by atoms with E-state index in [1.54, 1.807) is 4.68 Å². The van der Waals surface area contributed by atoms with Gasteiger partial charge in [-0.15, -0.1) is 0 Å². The number of carbonyl (C=O) groups is 1. The summed E-state index contributed by atoms with van der Waals surface area (Å²) in [5.74, 6) is 0.707. The molecule has 1 saturated heterocycles. The lowest BCUT2D eigenvalue weighted by atomic mass is 10.1. The molecule has 1 amide bonds. The number of nitrogens with one attached hydrogen (secondary N) is 1. The summed E-state index contributed by atoms with van der Waals surface area (Å²) in [7, 11) is 2.07. The van der Waals surface area contributed by atoms with Gasteiger partial charge >= 0.3 is 18.4 Å². The average molecular weight is 519 g/mol. The molecule has 0 radical (unpaired) electrons. The van der Waals surface area contributed by atoms with E-state index in [9.17, 15) is 31.1 Å². The van der Waals surface area contributed by atoms with E-state index in [1.807, 2.05) is 6.07 Å². The topological polar surface area (TPSA) is 62.6 Å². The van der Waals surface area contributed by atoms with E-state index in [1.165, 1.54) is 4.90 Å². The van der Waals surface area contributed by atoms with Crippen LogP contribution in [0.3, 0.4) is 0 Å². The first-order valence-corrected chi connectivity index (χ1v) is 11.6. The van der Waals surface area contributed by atoms with Crippen molar-refractivity contribution >= 4 is 11.9 Å². The first kappa shape index (κ1) is 26.1. The SMILES string of the molecule is CN1CCC(Nc2cc3n(n2)CCCN(C(=O)OCc2cc(C(F)(F)F)cc(C(F)(F)F)c2)C3)CC1. The number of ether oxygens (including phenoxy) is 1. The summed E-state index contributed by atoms with van der Waals surface area (Å²) in [6.07, 6.45) is -8.21. The standard InChI is InChI=1S/C23H27F6N5O2/c1-32-7-3-18(4-8-32)30-20-12-19-13-33(5-2-6-34(19)31-20)21(35)36-14-15-9-16(22(24,25)26)11-17(10-15)23(27,28)29/h9-12,18H,2-8,13-14H2,1H3,(H,30,31). The van der Waals surface area contributed by atoms with Crippen molar-refractivity contribution in [1.82, 2.24) is 19.6 Å². The maximum absolute atomic E-state index is 13.1. The predicted octanol–water partition coefficient (Wildman–Crippen LogP) is 4.97. The highest BCUT2D eigenvalue weighted by Gasteiger charge is 2.37. The molecular formula is C23H27F6N5O2. The lowest BCUT2D eigenvalue weighted by Gasteiger charge is -2.29. The molecule has 13 heteroatoms. The third kappa shape index (κ3) is 6.42. The van der Waals surface area contributed by atoms with Crippen molar-refractivity contribution in [3.8, 4) is 0 Å². The van der Waals surface area contributed by atoms with Gasteiger partial charge < -0.3 is 19.9 Å². The zero-order chi connectivity index (χ0) is 26.1. The number of anilines is 1. The molecule has 0 bridgehead atoms. The maximum atomic E-state index is 13.1. The molecule has 2 aliphatic heterocycles. The maximum Gasteiger partial charge on any atom is 0.416 e. The second-order valence-electron chi connectivity index (χ2n) is 9.21. The van der Waals surface area contributed by atoms with Crippen LogP contribution >= 0.6 is 0 Å². The number of benzene rings is 1. The number of nitrogens with zero attached hydrogens (tertiary/aromatic N) is 4. The predicted molar refractivity (Wildman–Crippen MR) is 118 cm³/mol. The minimum absolute atomic E-state index is 0.0402. The van der Waals surface area contributed by atoms with Crippen LogP contribution in [0.2, 0.25) is 0 Å². The van der Waals surface area contributed by atoms with Crippen LogP contribution in [-0.2, 0) is 36.8 Å². The number of likely N-dealkylation sites (tertiary alicyclic amines) is 1. The normalized spacial score (nSPS) is 18.0. The Hall–Kier alpha value is -2.96. The fraction of sp³-hybridized carbons (Fsp3) is 0.565. The molecule has 7 nitrogen and oxygen atoms in total. The largest absolute Gasteiger partial charge is 0.445 e. The Kier molecular flexibility index (Phi) is 7.39. The minimum atomic E-state index is -4.97. The molecule has 2 aromatic rings. The van der Waals surface area contributed by atoms with Crippen molar-refractivity contribution in [1.29, 1.82) is 0 Å². The highest BCUT2D eigenvalue weighted by atomic mass is 19.4. The number of alkyl halides is 6. The van der Waals surface area contributed by atoms with E-state index >= 15 is 0 Å². The van der Waals surface area contributed by atoms with E-state index in [0.29, 0.717) is 43.5 Å². The molecule has 3 heterocycles. The van der Waals surface area contributed by atoms with Crippen molar-refractivity contribution in [3.63, 3.8) is 0 Å². The molecule has 0 aliphatic carbocycles. The summed E-state index contributed by atoms with van der Waals surface area (Å²) < 4.78 is 85.4. The summed E-state index contributed by atoms with van der Waals surface area (Å²) in [4.78, 5) is 16.3. The van der Waals surface area contributed by atoms with Crippen LogP contribution in [0, 0.1) is 0 Å². The number of piperidine rings is 1. The Bertz CT molecular complexity index is 1040. The molecule has 4 rings (SSSR count). The van der Waals surface area contributed by atoms with E-state index in [4.69, 9.17) is 4.74 Å². The van der Waals surface area contributed by atoms with Gasteiger partial charge in [-0.2, -0.15) is 31.4 Å². The number of aryl methyl sites for hydroxylation is 1. The van der Waals surface area contributed by atoms with Crippen LogP contribution in [0.1, 0.15) is 41.6 Å². The van der Waals surface area contributed by atoms with E-state index < -0.39 is 41.7 Å². The first-order valence-electron chi connectivity index (χ1n) is 11.6. The molecule has 1 fully saturated rings. The van der Waals surface area contributed by atoms with Gasteiger partial charge in [-0.25, -0.2) is 4.79 Å². The molecule has 0 saturated carbocycles. The van der Waals surface area contributed by atoms with E-state index in [0.717, 1.165) is 31.6 Å². The number of fused-ring (bicyclic) bond motifs is 1. The number of rotatable bonds is 4. The second kappa shape index (κ2) is 10.2. The Labute approximate surface area is 204 Å². The molecule has 198 valence electrons. The second-order valence-corrected chi connectivity index (χ2v) is 9.21. The zero-order valence-corrected chi connectivity index (χ0v) is 19.6. The van der Waals surface area contributed by atoms with Gasteiger partial charge in [0.2, 0.25) is 0 Å². The highest BCUT2D eigenvalue weighted by Crippen LogP contribution is 2.36. The number of amides is 1. The first-order chi connectivity index (χ1) is 16.9. The molecule has 1 N–H and O–H groups in total. The van der Waals surface area contributed by atoms with Crippen molar-refractivity contribution < 1.29 is 35.9 Å². The Balaban J connectivity index is 1.40. The molecule has 0 spiro atoms. The van der Waals surface area contributed by atoms with Crippen molar-refractivity contribution in [2.45, 2.75) is 57.4 Å². The molecule has 1 aromatic heterocycles. The summed E-state index contributed by atoms with van der Waals surface area (Å²) in [5, 5.41) is 8.00. The monoisotopic (exact) mass is 519 g/mol. The summed E-state index contributed by atoms with van der Waals surface area (Å²) in [6.45, 7) is 2.30. The third-order valence-electron chi connectivity index (χ3n) is 6.35. The number of hydrogen-bond acceptors (Lipinski definition) is 5. The van der Waals surface area contributed by atoms with Gasteiger partial charge in [0.25, 0.3) is 0 Å². The Morgan fingerprint density at radius 3 is 2.25 bits per heavy atom. The van der Waals surface area contributed by atoms with Gasteiger partial charge in [-0.05, 0) is 63.2 Å². The number of aromatic nitrogens is 2.